The Hall–Kier alpha value is -2.30. The van der Waals surface area contributed by atoms with E-state index >= 15 is 0 Å². The van der Waals surface area contributed by atoms with Crippen molar-refractivity contribution in [2.75, 3.05) is 0 Å². The molecule has 0 aliphatic heterocycles. The third-order valence-corrected chi connectivity index (χ3v) is 2.58. The first-order chi connectivity index (χ1) is 9.44. The van der Waals surface area contributed by atoms with Crippen molar-refractivity contribution in [1.82, 2.24) is 15.1 Å². The summed E-state index contributed by atoms with van der Waals surface area (Å²) in [5.41, 5.74) is 7.66. The van der Waals surface area contributed by atoms with E-state index in [-0.39, 0.29) is 5.54 Å². The van der Waals surface area contributed by atoms with Gasteiger partial charge in [-0.15, -0.1) is 0 Å². The van der Waals surface area contributed by atoms with Crippen LogP contribution in [-0.2, 0) is 6.54 Å². The monoisotopic (exact) mass is 271 g/mol. The lowest BCUT2D eigenvalue weighted by Crippen LogP contribution is -2.44. The van der Waals surface area contributed by atoms with Crippen molar-refractivity contribution in [3.63, 3.8) is 0 Å². The molecule has 1 heterocycles. The quantitative estimate of drug-likeness (QED) is 0.663. The van der Waals surface area contributed by atoms with E-state index in [1.54, 1.807) is 0 Å². The second kappa shape index (κ2) is 5.77. The van der Waals surface area contributed by atoms with E-state index in [0.29, 0.717) is 12.5 Å². The normalized spacial score (nSPS) is 12.4. The fourth-order valence-electron chi connectivity index (χ4n) is 1.76. The van der Waals surface area contributed by atoms with E-state index in [2.05, 4.69) is 15.4 Å². The van der Waals surface area contributed by atoms with Gasteiger partial charge >= 0.3 is 0 Å². The van der Waals surface area contributed by atoms with Gasteiger partial charge in [0, 0.05) is 11.7 Å². The van der Waals surface area contributed by atoms with Crippen LogP contribution in [0, 0.1) is 0 Å². The van der Waals surface area contributed by atoms with E-state index in [9.17, 15) is 0 Å². The van der Waals surface area contributed by atoms with E-state index in [1.807, 2.05) is 68.0 Å². The number of guanidine groups is 1. The highest BCUT2D eigenvalue weighted by atomic mass is 15.3. The lowest BCUT2D eigenvalue weighted by atomic mass is 10.1. The van der Waals surface area contributed by atoms with Gasteiger partial charge in [-0.1, -0.05) is 18.2 Å². The Morgan fingerprint density at radius 2 is 1.95 bits per heavy atom. The Labute approximate surface area is 119 Å². The molecule has 0 bridgehead atoms. The molecule has 0 fully saturated rings. The fraction of sp³-hybridized carbons (Fsp3) is 0.333. The van der Waals surface area contributed by atoms with Crippen molar-refractivity contribution in [1.29, 1.82) is 0 Å². The molecule has 1 aromatic heterocycles. The Kier molecular flexibility index (Phi) is 4.08. The van der Waals surface area contributed by atoms with Crippen molar-refractivity contribution < 1.29 is 0 Å². The fourth-order valence-corrected chi connectivity index (χ4v) is 1.76. The number of hydrogen-bond acceptors (Lipinski definition) is 2. The zero-order chi connectivity index (χ0) is 14.6. The molecule has 0 unspecified atom stereocenters. The molecule has 106 valence electrons. The minimum absolute atomic E-state index is 0.0863. The lowest BCUT2D eigenvalue weighted by molar-refractivity contribution is 0.508. The Balaban J connectivity index is 2.02. The molecular weight excluding hydrogens is 250 g/mol. The van der Waals surface area contributed by atoms with E-state index in [0.717, 1.165) is 11.4 Å². The molecule has 0 saturated carbocycles. The van der Waals surface area contributed by atoms with Crippen molar-refractivity contribution in [2.24, 2.45) is 10.7 Å². The highest BCUT2D eigenvalue weighted by Gasteiger charge is 2.09. The molecule has 0 aliphatic rings. The van der Waals surface area contributed by atoms with Crippen molar-refractivity contribution in [3.8, 4) is 5.69 Å². The molecule has 0 radical (unpaired) electrons. The van der Waals surface area contributed by atoms with Crippen molar-refractivity contribution >= 4 is 5.96 Å². The first-order valence-electron chi connectivity index (χ1n) is 6.62. The van der Waals surface area contributed by atoms with Gasteiger partial charge in [-0.25, -0.2) is 9.67 Å². The highest BCUT2D eigenvalue weighted by Crippen LogP contribution is 2.07. The number of rotatable bonds is 3. The number of nitrogens with one attached hydrogen (secondary N) is 1. The molecule has 0 spiro atoms. The zero-order valence-electron chi connectivity index (χ0n) is 12.2. The molecule has 20 heavy (non-hydrogen) atoms. The summed E-state index contributed by atoms with van der Waals surface area (Å²) in [5.74, 6) is 0.437. The van der Waals surface area contributed by atoms with Gasteiger partial charge in [0.15, 0.2) is 5.96 Å². The molecule has 5 heteroatoms. The van der Waals surface area contributed by atoms with Crippen LogP contribution in [0.3, 0.4) is 0 Å². The number of hydrogen-bond donors (Lipinski definition) is 2. The van der Waals surface area contributed by atoms with Crippen LogP contribution < -0.4 is 11.1 Å². The maximum absolute atomic E-state index is 5.83. The smallest absolute Gasteiger partial charge is 0.189 e. The number of nitrogens with two attached hydrogens (primary N) is 1. The molecule has 3 N–H and O–H groups in total. The van der Waals surface area contributed by atoms with Gasteiger partial charge in [0.25, 0.3) is 0 Å². The Bertz CT molecular complexity index is 578. The summed E-state index contributed by atoms with van der Waals surface area (Å²) < 4.78 is 1.83. The first kappa shape index (κ1) is 14.1. The first-order valence-corrected chi connectivity index (χ1v) is 6.62. The van der Waals surface area contributed by atoms with E-state index in [1.165, 1.54) is 0 Å². The Morgan fingerprint density at radius 1 is 1.25 bits per heavy atom. The Morgan fingerprint density at radius 3 is 2.60 bits per heavy atom. The highest BCUT2D eigenvalue weighted by molar-refractivity contribution is 5.78. The average molecular weight is 271 g/mol. The van der Waals surface area contributed by atoms with Gasteiger partial charge in [0.05, 0.1) is 17.9 Å². The van der Waals surface area contributed by atoms with Crippen molar-refractivity contribution in [3.05, 3.63) is 48.3 Å². The standard InChI is InChI=1S/C15H21N5/c1-15(2,3)18-14(16)17-11-12-9-10-20(19-12)13-7-5-4-6-8-13/h4-10H,11H2,1-3H3,(H3,16,17,18). The summed E-state index contributed by atoms with van der Waals surface area (Å²) in [5, 5.41) is 7.60. The van der Waals surface area contributed by atoms with Gasteiger partial charge in [0.2, 0.25) is 0 Å². The number of aromatic nitrogens is 2. The zero-order valence-corrected chi connectivity index (χ0v) is 12.2. The molecule has 2 rings (SSSR count). The minimum Gasteiger partial charge on any atom is -0.370 e. The van der Waals surface area contributed by atoms with Gasteiger partial charge in [-0.2, -0.15) is 5.10 Å². The van der Waals surface area contributed by atoms with Crippen LogP contribution in [0.15, 0.2) is 47.6 Å². The largest absolute Gasteiger partial charge is 0.370 e. The number of aliphatic imine (C=N–C) groups is 1. The van der Waals surface area contributed by atoms with Gasteiger partial charge < -0.3 is 11.1 Å². The van der Waals surface area contributed by atoms with Crippen LogP contribution in [0.5, 0.6) is 0 Å². The summed E-state index contributed by atoms with van der Waals surface area (Å²) in [6.45, 7) is 6.59. The predicted molar refractivity (Wildman–Crippen MR) is 81.8 cm³/mol. The number of nitrogens with zero attached hydrogens (tertiary/aromatic N) is 3. The van der Waals surface area contributed by atoms with Crippen LogP contribution in [0.2, 0.25) is 0 Å². The lowest BCUT2D eigenvalue weighted by Gasteiger charge is -2.20. The third kappa shape index (κ3) is 4.12. The summed E-state index contributed by atoms with van der Waals surface area (Å²) in [4.78, 5) is 4.29. The molecule has 0 saturated heterocycles. The van der Waals surface area contributed by atoms with Crippen LogP contribution in [0.25, 0.3) is 5.69 Å². The molecule has 1 aromatic carbocycles. The number of benzene rings is 1. The number of para-hydroxylation sites is 1. The van der Waals surface area contributed by atoms with Gasteiger partial charge in [-0.3, -0.25) is 0 Å². The van der Waals surface area contributed by atoms with Gasteiger partial charge in [-0.05, 0) is 39.0 Å². The topological polar surface area (TPSA) is 68.2 Å². The second-order valence-electron chi connectivity index (χ2n) is 5.66. The molecule has 0 amide bonds. The molecule has 0 aliphatic carbocycles. The molecular formula is C15H21N5. The molecule has 0 atom stereocenters. The minimum atomic E-state index is -0.0863. The summed E-state index contributed by atoms with van der Waals surface area (Å²) in [6.07, 6.45) is 1.92. The molecule has 2 aromatic rings. The summed E-state index contributed by atoms with van der Waals surface area (Å²) >= 11 is 0. The van der Waals surface area contributed by atoms with Crippen molar-refractivity contribution in [2.45, 2.75) is 32.9 Å². The van der Waals surface area contributed by atoms with Crippen LogP contribution in [0.1, 0.15) is 26.5 Å². The SMILES string of the molecule is CC(C)(C)NC(N)=NCc1ccn(-c2ccccc2)n1. The van der Waals surface area contributed by atoms with Gasteiger partial charge in [0.1, 0.15) is 0 Å². The summed E-state index contributed by atoms with van der Waals surface area (Å²) in [6, 6.07) is 11.9. The van der Waals surface area contributed by atoms with Crippen LogP contribution in [0.4, 0.5) is 0 Å². The van der Waals surface area contributed by atoms with Crippen LogP contribution >= 0.6 is 0 Å². The maximum Gasteiger partial charge on any atom is 0.189 e. The second-order valence-corrected chi connectivity index (χ2v) is 5.66. The summed E-state index contributed by atoms with van der Waals surface area (Å²) in [7, 11) is 0. The predicted octanol–water partition coefficient (Wildman–Crippen LogP) is 2.08. The van der Waals surface area contributed by atoms with E-state index < -0.39 is 0 Å². The maximum atomic E-state index is 5.83. The molecule has 5 nitrogen and oxygen atoms in total. The van der Waals surface area contributed by atoms with Crippen LogP contribution in [-0.4, -0.2) is 21.3 Å². The third-order valence-electron chi connectivity index (χ3n) is 2.58. The van der Waals surface area contributed by atoms with E-state index in [4.69, 9.17) is 5.73 Å². The average Bonchev–Trinajstić information content (AvgIpc) is 2.84.